The first-order valence-electron chi connectivity index (χ1n) is 7.04. The first kappa shape index (κ1) is 16.1. The van der Waals surface area contributed by atoms with Crippen LogP contribution in [0.2, 0.25) is 0 Å². The second kappa shape index (κ2) is 6.65. The van der Waals surface area contributed by atoms with Crippen LogP contribution >= 0.6 is 0 Å². The Morgan fingerprint density at radius 3 is 2.68 bits per heavy atom. The Morgan fingerprint density at radius 2 is 2.05 bits per heavy atom. The smallest absolute Gasteiger partial charge is 0.227 e. The normalized spacial score (nSPS) is 11.5. The van der Waals surface area contributed by atoms with E-state index in [-0.39, 0.29) is 18.9 Å². The Bertz CT molecular complexity index is 619. The van der Waals surface area contributed by atoms with Gasteiger partial charge in [0.2, 0.25) is 17.6 Å². The molecule has 2 heterocycles. The molecule has 1 N–H and O–H groups in total. The van der Waals surface area contributed by atoms with Gasteiger partial charge in [-0.25, -0.2) is 0 Å². The number of amides is 1. The maximum Gasteiger partial charge on any atom is 0.227 e. The zero-order valence-electron chi connectivity index (χ0n) is 13.0. The molecule has 118 valence electrons. The highest BCUT2D eigenvalue weighted by Crippen LogP contribution is 2.15. The van der Waals surface area contributed by atoms with Gasteiger partial charge in [-0.1, -0.05) is 5.16 Å². The number of nitrogens with zero attached hydrogens (tertiary/aromatic N) is 4. The molecule has 7 heteroatoms. The Kier molecular flexibility index (Phi) is 4.87. The average Bonchev–Trinajstić information content (AvgIpc) is 2.92. The molecule has 0 radical (unpaired) electrons. The first-order valence-corrected chi connectivity index (χ1v) is 7.04. The Hall–Kier alpha value is -2.28. The number of aliphatic hydroxyl groups is 1. The topological polar surface area (TPSA) is 92.3 Å². The van der Waals surface area contributed by atoms with E-state index in [1.165, 1.54) is 4.90 Å². The third-order valence-electron chi connectivity index (χ3n) is 3.01. The average molecular weight is 304 g/mol. The van der Waals surface area contributed by atoms with Crippen LogP contribution in [-0.4, -0.2) is 50.2 Å². The number of likely N-dealkylation sites (N-methyl/N-ethyl adjacent to an activating group) is 1. The zero-order chi connectivity index (χ0) is 16.2. The fourth-order valence-electron chi connectivity index (χ4n) is 2.05. The molecule has 0 aliphatic carbocycles. The van der Waals surface area contributed by atoms with Crippen LogP contribution in [0.5, 0.6) is 0 Å². The summed E-state index contributed by atoms with van der Waals surface area (Å²) in [5.41, 5.74) is -0.0980. The maximum absolute atomic E-state index is 12.0. The first-order chi connectivity index (χ1) is 10.3. The lowest BCUT2D eigenvalue weighted by Gasteiger charge is -2.25. The van der Waals surface area contributed by atoms with E-state index in [0.717, 1.165) is 5.56 Å². The van der Waals surface area contributed by atoms with Gasteiger partial charge in [0.15, 0.2) is 0 Å². The second-order valence-corrected chi connectivity index (χ2v) is 5.81. The van der Waals surface area contributed by atoms with Gasteiger partial charge in [0.1, 0.15) is 0 Å². The van der Waals surface area contributed by atoms with E-state index in [4.69, 9.17) is 4.52 Å². The summed E-state index contributed by atoms with van der Waals surface area (Å²) < 4.78 is 5.15. The third-order valence-corrected chi connectivity index (χ3v) is 3.01. The van der Waals surface area contributed by atoms with Crippen molar-refractivity contribution in [1.82, 2.24) is 20.0 Å². The molecular weight excluding hydrogens is 284 g/mol. The fourth-order valence-corrected chi connectivity index (χ4v) is 2.05. The predicted molar refractivity (Wildman–Crippen MR) is 79.8 cm³/mol. The molecule has 0 unspecified atom stereocenters. The molecule has 2 aromatic rings. The summed E-state index contributed by atoms with van der Waals surface area (Å²) in [5.74, 6) is 0.817. The largest absolute Gasteiger partial charge is 0.389 e. The van der Waals surface area contributed by atoms with Crippen LogP contribution in [0.15, 0.2) is 29.0 Å². The fraction of sp³-hybridized carbons (Fsp3) is 0.467. The zero-order valence-corrected chi connectivity index (χ0v) is 13.0. The summed E-state index contributed by atoms with van der Waals surface area (Å²) in [6, 6.07) is 3.58. The van der Waals surface area contributed by atoms with E-state index in [2.05, 4.69) is 15.1 Å². The maximum atomic E-state index is 12.0. The van der Waals surface area contributed by atoms with Crippen LogP contribution < -0.4 is 0 Å². The second-order valence-electron chi connectivity index (χ2n) is 5.81. The SMILES string of the molecule is CN(CC(C)(C)O)C(=O)CCc1nc(-c2ccncc2)no1. The number of carbonyl (C=O) groups excluding carboxylic acids is 1. The van der Waals surface area contributed by atoms with Gasteiger partial charge in [-0.15, -0.1) is 0 Å². The van der Waals surface area contributed by atoms with Gasteiger partial charge in [0.25, 0.3) is 0 Å². The lowest BCUT2D eigenvalue weighted by molar-refractivity contribution is -0.132. The minimum atomic E-state index is -0.913. The molecule has 2 rings (SSSR count). The van der Waals surface area contributed by atoms with Crippen LogP contribution in [0.4, 0.5) is 0 Å². The van der Waals surface area contributed by atoms with Gasteiger partial charge in [0.05, 0.1) is 5.60 Å². The Labute approximate surface area is 129 Å². The van der Waals surface area contributed by atoms with E-state index in [0.29, 0.717) is 18.1 Å². The molecule has 22 heavy (non-hydrogen) atoms. The van der Waals surface area contributed by atoms with Crippen LogP contribution in [-0.2, 0) is 11.2 Å². The lowest BCUT2D eigenvalue weighted by Crippen LogP contribution is -2.39. The van der Waals surface area contributed by atoms with Crippen molar-refractivity contribution in [2.45, 2.75) is 32.3 Å². The molecule has 0 aliphatic heterocycles. The number of hydrogen-bond donors (Lipinski definition) is 1. The third kappa shape index (κ3) is 4.63. The highest BCUT2D eigenvalue weighted by Gasteiger charge is 2.20. The minimum Gasteiger partial charge on any atom is -0.389 e. The van der Waals surface area contributed by atoms with Crippen LogP contribution in [0, 0.1) is 0 Å². The number of pyridine rings is 1. The van der Waals surface area contributed by atoms with E-state index in [1.807, 2.05) is 0 Å². The molecule has 0 aromatic carbocycles. The number of aromatic nitrogens is 3. The van der Waals surface area contributed by atoms with Gasteiger partial charge >= 0.3 is 0 Å². The van der Waals surface area contributed by atoms with Gasteiger partial charge in [-0.2, -0.15) is 4.98 Å². The predicted octanol–water partition coefficient (Wildman–Crippen LogP) is 1.29. The molecule has 2 aromatic heterocycles. The summed E-state index contributed by atoms with van der Waals surface area (Å²) in [5, 5.41) is 13.6. The van der Waals surface area contributed by atoms with E-state index < -0.39 is 5.60 Å². The van der Waals surface area contributed by atoms with Crippen molar-refractivity contribution in [2.75, 3.05) is 13.6 Å². The molecule has 0 aliphatic rings. The quantitative estimate of drug-likeness (QED) is 0.864. The number of rotatable bonds is 6. The molecule has 0 saturated heterocycles. The van der Waals surface area contributed by atoms with Crippen LogP contribution in [0.1, 0.15) is 26.2 Å². The van der Waals surface area contributed by atoms with Crippen molar-refractivity contribution in [1.29, 1.82) is 0 Å². The van der Waals surface area contributed by atoms with Crippen molar-refractivity contribution in [3.05, 3.63) is 30.4 Å². The molecule has 0 saturated carbocycles. The van der Waals surface area contributed by atoms with Crippen molar-refractivity contribution >= 4 is 5.91 Å². The monoisotopic (exact) mass is 304 g/mol. The van der Waals surface area contributed by atoms with Gasteiger partial charge < -0.3 is 14.5 Å². The summed E-state index contributed by atoms with van der Waals surface area (Å²) >= 11 is 0. The number of carbonyl (C=O) groups is 1. The molecule has 1 amide bonds. The summed E-state index contributed by atoms with van der Waals surface area (Å²) in [6.07, 6.45) is 3.93. The Balaban J connectivity index is 1.90. The molecule has 0 spiro atoms. The molecule has 0 bridgehead atoms. The summed E-state index contributed by atoms with van der Waals surface area (Å²) in [7, 11) is 1.66. The summed E-state index contributed by atoms with van der Waals surface area (Å²) in [6.45, 7) is 3.60. The highest BCUT2D eigenvalue weighted by molar-refractivity contribution is 5.76. The highest BCUT2D eigenvalue weighted by atomic mass is 16.5. The van der Waals surface area contributed by atoms with Crippen molar-refractivity contribution < 1.29 is 14.4 Å². The van der Waals surface area contributed by atoms with E-state index in [1.54, 1.807) is 45.4 Å². The van der Waals surface area contributed by atoms with Crippen molar-refractivity contribution in [3.63, 3.8) is 0 Å². The van der Waals surface area contributed by atoms with E-state index in [9.17, 15) is 9.90 Å². The number of aryl methyl sites for hydroxylation is 1. The van der Waals surface area contributed by atoms with Crippen LogP contribution in [0.3, 0.4) is 0 Å². The van der Waals surface area contributed by atoms with Crippen LogP contribution in [0.25, 0.3) is 11.4 Å². The molecule has 0 fully saturated rings. The van der Waals surface area contributed by atoms with Crippen molar-refractivity contribution in [3.8, 4) is 11.4 Å². The standard InChI is InChI=1S/C15H20N4O3/c1-15(2,21)10-19(3)13(20)5-4-12-17-14(18-22-12)11-6-8-16-9-7-11/h6-9,21H,4-5,10H2,1-3H3. The van der Waals surface area contributed by atoms with Gasteiger partial charge in [-0.3, -0.25) is 9.78 Å². The Morgan fingerprint density at radius 1 is 1.36 bits per heavy atom. The van der Waals surface area contributed by atoms with Gasteiger partial charge in [0, 0.05) is 44.4 Å². The van der Waals surface area contributed by atoms with Crippen molar-refractivity contribution in [2.24, 2.45) is 0 Å². The van der Waals surface area contributed by atoms with Gasteiger partial charge in [-0.05, 0) is 26.0 Å². The molecular formula is C15H20N4O3. The minimum absolute atomic E-state index is 0.0780. The number of hydrogen-bond acceptors (Lipinski definition) is 6. The molecule has 7 nitrogen and oxygen atoms in total. The summed E-state index contributed by atoms with van der Waals surface area (Å²) in [4.78, 5) is 21.7. The lowest BCUT2D eigenvalue weighted by atomic mass is 10.1. The van der Waals surface area contributed by atoms with E-state index >= 15 is 0 Å². The molecule has 0 atom stereocenters.